The van der Waals surface area contributed by atoms with Crippen LogP contribution in [0.4, 0.5) is 11.4 Å². The SMILES string of the molecule is Cc1ccc2c(c1)C(C)(C)C1=[N+]2CCCCCC(=O)NCCCCCNC(=O)C(CS(=O)(=O)O)CC(=O)C(CS(=O)(=O)O)NC(=O)C(CS(=O)(=O)O)NC(=O)CCCCCC2(C)C(=CC=CC=C1)N(CCCCCC(=O)ON1C(=O)CCC1=O)c1ccc(S(=O)(=O)O)cc12. The van der Waals surface area contributed by atoms with E-state index in [1.807, 2.05) is 48.4 Å². The summed E-state index contributed by atoms with van der Waals surface area (Å²) in [6.07, 6.45) is 13.7. The fraction of sp³-hybridized carbons (Fsp3) is 0.565. The van der Waals surface area contributed by atoms with E-state index >= 15 is 0 Å². The minimum absolute atomic E-state index is 0.0617. The number of fused-ring (bicyclic) bond motifs is 5. The normalized spacial score (nSPS) is 22.8. The molecule has 0 aromatic heterocycles. The molecule has 0 bridgehead atoms. The molecule has 0 aliphatic carbocycles. The first-order valence-electron chi connectivity index (χ1n) is 31.3. The number of amides is 6. The predicted octanol–water partition coefficient (Wildman–Crippen LogP) is 4.70. The highest BCUT2D eigenvalue weighted by molar-refractivity contribution is 7.86. The maximum absolute atomic E-state index is 13.7. The molecule has 1 fully saturated rings. The highest BCUT2D eigenvalue weighted by Crippen LogP contribution is 2.52. The number of carbonyl (C=O) groups is 8. The van der Waals surface area contributed by atoms with E-state index in [2.05, 4.69) is 58.6 Å². The number of Topliss-reactive ketones (excluding diaryl/α,β-unsaturated/α-hetero) is 1. The van der Waals surface area contributed by atoms with Crippen LogP contribution in [0.15, 0.2) is 77.4 Å². The first-order chi connectivity index (χ1) is 44.0. The molecule has 0 spiro atoms. The van der Waals surface area contributed by atoms with Crippen LogP contribution in [-0.4, -0.2) is 170 Å². The van der Waals surface area contributed by atoms with E-state index in [0.717, 1.165) is 35.4 Å². The summed E-state index contributed by atoms with van der Waals surface area (Å²) in [7, 11) is -20.1. The van der Waals surface area contributed by atoms with Crippen molar-refractivity contribution in [1.29, 1.82) is 0 Å². The van der Waals surface area contributed by atoms with Crippen LogP contribution in [0.3, 0.4) is 0 Å². The number of hydrogen-bond acceptors (Lipinski definition) is 18. The van der Waals surface area contributed by atoms with Gasteiger partial charge in [0.25, 0.3) is 52.3 Å². The molecule has 518 valence electrons. The lowest BCUT2D eigenvalue weighted by atomic mass is 9.77. The average molecular weight is 1390 g/mol. The highest BCUT2D eigenvalue weighted by atomic mass is 32.2. The van der Waals surface area contributed by atoms with Gasteiger partial charge in [0, 0.05) is 99.1 Å². The van der Waals surface area contributed by atoms with Gasteiger partial charge in [0.2, 0.25) is 29.3 Å². The second kappa shape index (κ2) is 33.1. The molecule has 4 aliphatic rings. The van der Waals surface area contributed by atoms with Crippen LogP contribution in [0.5, 0.6) is 0 Å². The summed E-state index contributed by atoms with van der Waals surface area (Å²) in [5, 5.41) is 9.89. The molecule has 2 aromatic rings. The summed E-state index contributed by atoms with van der Waals surface area (Å²) in [4.78, 5) is 111. The Morgan fingerprint density at radius 2 is 1.27 bits per heavy atom. The molecule has 6 amide bonds. The number of anilines is 1. The van der Waals surface area contributed by atoms with Gasteiger partial charge in [-0.25, -0.2) is 4.79 Å². The van der Waals surface area contributed by atoms with E-state index < -0.39 is 134 Å². The van der Waals surface area contributed by atoms with Gasteiger partial charge in [0.1, 0.15) is 30.1 Å². The van der Waals surface area contributed by atoms with Crippen LogP contribution in [0.1, 0.15) is 159 Å². The van der Waals surface area contributed by atoms with Crippen molar-refractivity contribution in [2.24, 2.45) is 5.92 Å². The Bertz CT molecular complexity index is 3790. The zero-order valence-corrected chi connectivity index (χ0v) is 56.4. The Labute approximate surface area is 548 Å². The number of rotatable bonds is 14. The summed E-state index contributed by atoms with van der Waals surface area (Å²) in [5.74, 6) is -13.4. The van der Waals surface area contributed by atoms with Gasteiger partial charge < -0.3 is 31.0 Å². The van der Waals surface area contributed by atoms with Gasteiger partial charge in [0.05, 0.1) is 22.0 Å². The minimum atomic E-state index is -5.19. The fourth-order valence-corrected chi connectivity index (χ4v) is 14.7. The van der Waals surface area contributed by atoms with Crippen molar-refractivity contribution in [2.75, 3.05) is 48.3 Å². The van der Waals surface area contributed by atoms with Crippen LogP contribution in [0, 0.1) is 12.8 Å². The smallest absolute Gasteiger partial charge is 0.333 e. The summed E-state index contributed by atoms with van der Waals surface area (Å²) in [5.41, 5.74) is 4.74. The first kappa shape index (κ1) is 76.0. The number of hydrogen-bond donors (Lipinski definition) is 8. The molecule has 8 N–H and O–H groups in total. The first-order valence-corrected chi connectivity index (χ1v) is 37.5. The molecule has 0 saturated carbocycles. The zero-order chi connectivity index (χ0) is 69.4. The molecule has 1 saturated heterocycles. The van der Waals surface area contributed by atoms with Crippen LogP contribution in [-0.2, 0) is 94.5 Å². The van der Waals surface area contributed by atoms with Crippen molar-refractivity contribution >= 4 is 105 Å². The molecule has 4 unspecified atom stereocenters. The molecule has 4 heterocycles. The number of nitrogens with one attached hydrogen (secondary N) is 4. The van der Waals surface area contributed by atoms with E-state index in [1.54, 1.807) is 6.07 Å². The Morgan fingerprint density at radius 1 is 0.638 bits per heavy atom. The molecule has 4 atom stereocenters. The standard InChI is InChI=1S/C62H85N7O21S4/c1-42-25-27-49-45(36-42)61(2,3)52-20-10-5-11-21-53-62(4,46-38-44(94(87,88)89)26-28-50(46)68(53)35-19-8-14-24-58(75)90-69-56(73)29-30-57(69)74)31-15-6-12-23-55(72)65-48(41-93(84,85)86)60(77)66-47(40-92(81,82)83)51(70)37-43(39-91(78,79)80)59(76)64-33-17-9-16-32-63-54(71)22-13-7-18-34-67(49)52/h5,10-11,20-21,25-28,36,38,43,47-48H,6-9,12-19,22-24,29-35,37,39-41H2,1-4H3,(H7-,63,64,65,66,71,72,76,77,78,79,80,81,82,83,84,85,86,87,88,89)/p+1. The highest BCUT2D eigenvalue weighted by Gasteiger charge is 2.46. The maximum atomic E-state index is 13.7. The van der Waals surface area contributed by atoms with Gasteiger partial charge in [-0.3, -0.25) is 51.8 Å². The molecule has 28 nitrogen and oxygen atoms in total. The summed E-state index contributed by atoms with van der Waals surface area (Å²) in [6, 6.07) is 6.07. The van der Waals surface area contributed by atoms with Crippen LogP contribution >= 0.6 is 0 Å². The maximum Gasteiger partial charge on any atom is 0.333 e. The number of unbranched alkanes of at least 4 members (excludes halogenated alkanes) is 2. The third kappa shape index (κ3) is 22.3. The van der Waals surface area contributed by atoms with Crippen LogP contribution in [0.25, 0.3) is 0 Å². The van der Waals surface area contributed by atoms with E-state index in [-0.39, 0.29) is 68.7 Å². The number of nitrogens with zero attached hydrogens (tertiary/aromatic N) is 3. The van der Waals surface area contributed by atoms with Crippen molar-refractivity contribution in [3.8, 4) is 0 Å². The molecule has 32 heteroatoms. The number of allylic oxidation sites excluding steroid dienone is 6. The molecular formula is C62H86N7O21S4+. The van der Waals surface area contributed by atoms with Crippen molar-refractivity contribution in [2.45, 2.75) is 177 Å². The van der Waals surface area contributed by atoms with Crippen LogP contribution < -0.4 is 26.2 Å². The van der Waals surface area contributed by atoms with Crippen LogP contribution in [0.2, 0.25) is 0 Å². The fourth-order valence-electron chi connectivity index (χ4n) is 12.1. The number of ketones is 1. The van der Waals surface area contributed by atoms with Gasteiger partial charge >= 0.3 is 5.97 Å². The number of carbonyl (C=O) groups excluding carboxylic acids is 8. The topological polar surface area (TPSA) is 421 Å². The lowest BCUT2D eigenvalue weighted by Gasteiger charge is -2.30. The van der Waals surface area contributed by atoms with Crippen molar-refractivity contribution in [3.63, 3.8) is 0 Å². The minimum Gasteiger partial charge on any atom is -0.356 e. The molecule has 0 radical (unpaired) electrons. The molecule has 2 aromatic carbocycles. The monoisotopic (exact) mass is 1390 g/mol. The van der Waals surface area contributed by atoms with E-state index in [4.69, 9.17) is 4.84 Å². The van der Waals surface area contributed by atoms with Gasteiger partial charge in [-0.2, -0.15) is 38.2 Å². The molecular weight excluding hydrogens is 1310 g/mol. The third-order valence-corrected chi connectivity index (χ3v) is 20.1. The van der Waals surface area contributed by atoms with Gasteiger partial charge in [-0.05, 0) is 121 Å². The summed E-state index contributed by atoms with van der Waals surface area (Å²) in [6.45, 7) is 9.46. The van der Waals surface area contributed by atoms with Crippen molar-refractivity contribution < 1.29 is 99.7 Å². The van der Waals surface area contributed by atoms with E-state index in [0.29, 0.717) is 93.0 Å². The van der Waals surface area contributed by atoms with Gasteiger partial charge in [0.15, 0.2) is 11.5 Å². The predicted molar refractivity (Wildman–Crippen MR) is 345 cm³/mol. The Morgan fingerprint density at radius 3 is 1.93 bits per heavy atom. The van der Waals surface area contributed by atoms with Gasteiger partial charge in [-0.1, -0.05) is 49.1 Å². The second-order valence-corrected chi connectivity index (χ2v) is 30.8. The molecule has 6 rings (SSSR count). The van der Waals surface area contributed by atoms with Crippen molar-refractivity contribution in [1.82, 2.24) is 26.3 Å². The summed E-state index contributed by atoms with van der Waals surface area (Å²) >= 11 is 0. The van der Waals surface area contributed by atoms with E-state index in [9.17, 15) is 90.2 Å². The lowest BCUT2D eigenvalue weighted by molar-refractivity contribution is -0.438. The number of hydroxylamine groups is 2. The number of benzene rings is 2. The Balaban J connectivity index is 1.31. The quantitative estimate of drug-likeness (QED) is 0.0550. The Hall–Kier alpha value is -7.07. The average Bonchev–Trinajstić information content (AvgIpc) is 1.59. The molecule has 4 aliphatic heterocycles. The van der Waals surface area contributed by atoms with Gasteiger partial charge in [-0.15, -0.1) is 5.06 Å². The third-order valence-electron chi connectivity index (χ3n) is 16.9. The Kier molecular flexibility index (Phi) is 26.7. The zero-order valence-electron chi connectivity index (χ0n) is 53.2. The number of imide groups is 1. The largest absolute Gasteiger partial charge is 0.356 e. The summed E-state index contributed by atoms with van der Waals surface area (Å²) < 4.78 is 140. The second-order valence-electron chi connectivity index (χ2n) is 24.8. The van der Waals surface area contributed by atoms with Crippen molar-refractivity contribution in [3.05, 3.63) is 89.2 Å². The molecule has 94 heavy (non-hydrogen) atoms. The lowest BCUT2D eigenvalue weighted by Crippen LogP contribution is -2.56. The number of aryl methyl sites for hydroxylation is 1. The van der Waals surface area contributed by atoms with E-state index in [1.165, 1.54) is 12.1 Å².